The lowest BCUT2D eigenvalue weighted by molar-refractivity contribution is 0.397. The molecule has 5 nitrogen and oxygen atoms in total. The number of pyridine rings is 1. The van der Waals surface area contributed by atoms with Crippen LogP contribution in [0.2, 0.25) is 0 Å². The number of aromatic nitrogens is 1. The molecule has 0 radical (unpaired) electrons. The van der Waals surface area contributed by atoms with Crippen molar-refractivity contribution in [1.82, 2.24) is 15.6 Å². The first kappa shape index (κ1) is 19.7. The van der Waals surface area contributed by atoms with E-state index in [0.717, 1.165) is 31.0 Å². The monoisotopic (exact) mass is 446 g/mol. The predicted molar refractivity (Wildman–Crippen MR) is 107 cm³/mol. The molecule has 0 aliphatic carbocycles. The third-order valence-electron chi connectivity index (χ3n) is 3.01. The first-order valence-electron chi connectivity index (χ1n) is 7.35. The molecule has 2 heterocycles. The van der Waals surface area contributed by atoms with Crippen LogP contribution in [0.15, 0.2) is 40.8 Å². The third kappa shape index (κ3) is 7.17. The molecule has 2 rings (SSSR count). The van der Waals surface area contributed by atoms with Crippen LogP contribution >= 0.6 is 35.3 Å². The van der Waals surface area contributed by atoms with E-state index < -0.39 is 0 Å². The molecule has 0 saturated heterocycles. The van der Waals surface area contributed by atoms with Crippen molar-refractivity contribution in [1.29, 1.82) is 0 Å². The van der Waals surface area contributed by atoms with Gasteiger partial charge >= 0.3 is 0 Å². The molecule has 0 fully saturated rings. The van der Waals surface area contributed by atoms with Gasteiger partial charge in [0.2, 0.25) is 5.88 Å². The molecule has 0 aliphatic rings. The Morgan fingerprint density at radius 3 is 2.78 bits per heavy atom. The Morgan fingerprint density at radius 1 is 1.30 bits per heavy atom. The maximum Gasteiger partial charge on any atom is 0.212 e. The van der Waals surface area contributed by atoms with Gasteiger partial charge in [-0.05, 0) is 30.4 Å². The van der Waals surface area contributed by atoms with Gasteiger partial charge < -0.3 is 15.4 Å². The Labute approximate surface area is 158 Å². The maximum atomic E-state index is 5.05. The largest absolute Gasteiger partial charge is 0.481 e. The number of hydrogen-bond acceptors (Lipinski definition) is 4. The Kier molecular flexibility index (Phi) is 9.61. The number of rotatable bonds is 7. The van der Waals surface area contributed by atoms with Gasteiger partial charge in [0, 0.05) is 30.2 Å². The molecule has 0 saturated carbocycles. The number of halogens is 1. The van der Waals surface area contributed by atoms with Crippen LogP contribution in [0.25, 0.3) is 0 Å². The van der Waals surface area contributed by atoms with E-state index in [9.17, 15) is 0 Å². The third-order valence-corrected chi connectivity index (χ3v) is 3.95. The molecule has 0 aromatic carbocycles. The topological polar surface area (TPSA) is 58.5 Å². The van der Waals surface area contributed by atoms with Crippen molar-refractivity contribution >= 4 is 41.3 Å². The minimum absolute atomic E-state index is 0. The van der Waals surface area contributed by atoms with E-state index in [1.54, 1.807) is 24.6 Å². The summed E-state index contributed by atoms with van der Waals surface area (Å²) in [4.78, 5) is 10.1. The van der Waals surface area contributed by atoms with Crippen molar-refractivity contribution in [2.75, 3.05) is 20.2 Å². The van der Waals surface area contributed by atoms with E-state index in [1.165, 1.54) is 4.88 Å². The number of guanidine groups is 1. The molecule has 0 amide bonds. The van der Waals surface area contributed by atoms with Gasteiger partial charge in [-0.2, -0.15) is 0 Å². The van der Waals surface area contributed by atoms with Crippen molar-refractivity contribution in [2.45, 2.75) is 19.9 Å². The van der Waals surface area contributed by atoms with Gasteiger partial charge in [-0.15, -0.1) is 35.3 Å². The molecule has 0 spiro atoms. The van der Waals surface area contributed by atoms with E-state index in [2.05, 4.69) is 45.0 Å². The zero-order valence-electron chi connectivity index (χ0n) is 13.4. The quantitative estimate of drug-likeness (QED) is 0.390. The van der Waals surface area contributed by atoms with Crippen molar-refractivity contribution < 1.29 is 4.74 Å². The molecule has 2 aromatic rings. The van der Waals surface area contributed by atoms with E-state index in [4.69, 9.17) is 4.74 Å². The van der Waals surface area contributed by atoms with Gasteiger partial charge in [0.1, 0.15) is 0 Å². The molecule has 0 aliphatic heterocycles. The molecular formula is C16H23IN4OS. The van der Waals surface area contributed by atoms with Crippen molar-refractivity contribution in [3.63, 3.8) is 0 Å². The van der Waals surface area contributed by atoms with Crippen LogP contribution < -0.4 is 15.4 Å². The SMILES string of the molecule is CCNC(=NCc1ccc(OC)nc1)NCCc1cccs1.I. The Balaban J connectivity index is 0.00000264. The van der Waals surface area contributed by atoms with Crippen LogP contribution in [0, 0.1) is 0 Å². The van der Waals surface area contributed by atoms with Crippen molar-refractivity contribution in [3.05, 3.63) is 46.3 Å². The molecule has 23 heavy (non-hydrogen) atoms. The predicted octanol–water partition coefficient (Wildman–Crippen LogP) is 3.07. The van der Waals surface area contributed by atoms with Gasteiger partial charge in [0.25, 0.3) is 0 Å². The summed E-state index contributed by atoms with van der Waals surface area (Å²) >= 11 is 1.78. The van der Waals surface area contributed by atoms with Crippen LogP contribution in [-0.4, -0.2) is 31.1 Å². The number of methoxy groups -OCH3 is 1. The fraction of sp³-hybridized carbons (Fsp3) is 0.375. The second-order valence-corrected chi connectivity index (χ2v) is 5.69. The molecule has 126 valence electrons. The highest BCUT2D eigenvalue weighted by Crippen LogP contribution is 2.08. The molecule has 2 aromatic heterocycles. The summed E-state index contributed by atoms with van der Waals surface area (Å²) in [6.45, 7) is 4.36. The van der Waals surface area contributed by atoms with Gasteiger partial charge in [0.15, 0.2) is 5.96 Å². The average Bonchev–Trinajstić information content (AvgIpc) is 3.06. The number of hydrogen-bond donors (Lipinski definition) is 2. The van der Waals surface area contributed by atoms with Crippen molar-refractivity contribution in [3.8, 4) is 5.88 Å². The summed E-state index contributed by atoms with van der Waals surface area (Å²) in [6, 6.07) is 8.06. The zero-order valence-corrected chi connectivity index (χ0v) is 16.6. The van der Waals surface area contributed by atoms with E-state index in [0.29, 0.717) is 12.4 Å². The van der Waals surface area contributed by atoms with E-state index >= 15 is 0 Å². The van der Waals surface area contributed by atoms with Crippen LogP contribution in [0.1, 0.15) is 17.4 Å². The molecular weight excluding hydrogens is 423 g/mol. The molecule has 2 N–H and O–H groups in total. The average molecular weight is 446 g/mol. The summed E-state index contributed by atoms with van der Waals surface area (Å²) in [5, 5.41) is 8.71. The van der Waals surface area contributed by atoms with Crippen LogP contribution in [0.5, 0.6) is 5.88 Å². The highest BCUT2D eigenvalue weighted by atomic mass is 127. The number of nitrogens with zero attached hydrogens (tertiary/aromatic N) is 2. The van der Waals surface area contributed by atoms with Gasteiger partial charge in [0.05, 0.1) is 13.7 Å². The normalized spacial score (nSPS) is 10.8. The fourth-order valence-electron chi connectivity index (χ4n) is 1.90. The number of nitrogens with one attached hydrogen (secondary N) is 2. The Bertz CT molecular complexity index is 572. The summed E-state index contributed by atoms with van der Waals surface area (Å²) in [5.41, 5.74) is 1.05. The summed E-state index contributed by atoms with van der Waals surface area (Å²) < 4.78 is 5.05. The lowest BCUT2D eigenvalue weighted by Crippen LogP contribution is -2.38. The van der Waals surface area contributed by atoms with Gasteiger partial charge in [-0.25, -0.2) is 9.98 Å². The van der Waals surface area contributed by atoms with Crippen molar-refractivity contribution in [2.24, 2.45) is 4.99 Å². The van der Waals surface area contributed by atoms with Crippen LogP contribution in [0.4, 0.5) is 0 Å². The molecule has 0 atom stereocenters. The second-order valence-electron chi connectivity index (χ2n) is 4.66. The van der Waals surface area contributed by atoms with E-state index in [-0.39, 0.29) is 24.0 Å². The van der Waals surface area contributed by atoms with Gasteiger partial charge in [-0.1, -0.05) is 12.1 Å². The standard InChI is InChI=1S/C16H22N4OS.HI/c1-3-17-16(18-9-8-14-5-4-10-22-14)20-12-13-6-7-15(21-2)19-11-13;/h4-7,10-11H,3,8-9,12H2,1-2H3,(H2,17,18,20);1H. The number of thiophene rings is 1. The number of aliphatic imine (C=N–C) groups is 1. The van der Waals surface area contributed by atoms with E-state index in [1.807, 2.05) is 12.1 Å². The molecule has 0 unspecified atom stereocenters. The summed E-state index contributed by atoms with van der Waals surface area (Å²) in [6.07, 6.45) is 2.80. The van der Waals surface area contributed by atoms with Crippen LogP contribution in [0.3, 0.4) is 0 Å². The highest BCUT2D eigenvalue weighted by Gasteiger charge is 2.00. The zero-order chi connectivity index (χ0) is 15.6. The smallest absolute Gasteiger partial charge is 0.212 e. The first-order valence-corrected chi connectivity index (χ1v) is 8.23. The lowest BCUT2D eigenvalue weighted by Gasteiger charge is -2.10. The lowest BCUT2D eigenvalue weighted by atomic mass is 10.3. The first-order chi connectivity index (χ1) is 10.8. The Hall–Kier alpha value is -1.35. The fourth-order valence-corrected chi connectivity index (χ4v) is 2.61. The minimum atomic E-state index is 0. The summed E-state index contributed by atoms with van der Waals surface area (Å²) in [7, 11) is 1.61. The highest BCUT2D eigenvalue weighted by molar-refractivity contribution is 14.0. The molecule has 7 heteroatoms. The Morgan fingerprint density at radius 2 is 2.17 bits per heavy atom. The second kappa shape index (κ2) is 11.2. The number of ether oxygens (including phenoxy) is 1. The van der Waals surface area contributed by atoms with Crippen LogP contribution in [-0.2, 0) is 13.0 Å². The maximum absolute atomic E-state index is 5.05. The van der Waals surface area contributed by atoms with Gasteiger partial charge in [-0.3, -0.25) is 0 Å². The molecule has 0 bridgehead atoms. The minimum Gasteiger partial charge on any atom is -0.481 e. The summed E-state index contributed by atoms with van der Waals surface area (Å²) in [5.74, 6) is 1.45.